The lowest BCUT2D eigenvalue weighted by Crippen LogP contribution is -2.32. The summed E-state index contributed by atoms with van der Waals surface area (Å²) in [4.78, 5) is 0. The molecule has 0 radical (unpaired) electrons. The molecule has 0 amide bonds. The molecule has 0 aliphatic heterocycles. The zero-order valence-corrected chi connectivity index (χ0v) is 9.97. The molecule has 2 atom stereocenters. The van der Waals surface area contributed by atoms with Gasteiger partial charge in [-0.15, -0.1) is 0 Å². The predicted octanol–water partition coefficient (Wildman–Crippen LogP) is 2.17. The molecule has 2 saturated carbocycles. The van der Waals surface area contributed by atoms with Crippen LogP contribution in [0, 0.1) is 17.3 Å². The third-order valence-electron chi connectivity index (χ3n) is 4.27. The predicted molar refractivity (Wildman–Crippen MR) is 62.7 cm³/mol. The van der Waals surface area contributed by atoms with Crippen molar-refractivity contribution in [1.29, 1.82) is 0 Å². The summed E-state index contributed by atoms with van der Waals surface area (Å²) in [5.74, 6) is 1.82. The monoisotopic (exact) mass is 211 g/mol. The van der Waals surface area contributed by atoms with Crippen LogP contribution in [0.1, 0.15) is 45.4 Å². The van der Waals surface area contributed by atoms with Crippen LogP contribution in [0.3, 0.4) is 0 Å². The molecule has 88 valence electrons. The van der Waals surface area contributed by atoms with Gasteiger partial charge in [0.15, 0.2) is 0 Å². The molecule has 0 spiro atoms. The molecule has 0 aromatic heterocycles. The number of aliphatic hydroxyl groups excluding tert-OH is 1. The average molecular weight is 211 g/mol. The quantitative estimate of drug-likeness (QED) is 0.730. The summed E-state index contributed by atoms with van der Waals surface area (Å²) in [7, 11) is 0. The highest BCUT2D eigenvalue weighted by Gasteiger charge is 2.41. The van der Waals surface area contributed by atoms with Crippen LogP contribution in [-0.2, 0) is 0 Å². The normalized spacial score (nSPS) is 34.0. The van der Waals surface area contributed by atoms with Crippen LogP contribution in [0.4, 0.5) is 0 Å². The van der Waals surface area contributed by atoms with Crippen LogP contribution in [0.2, 0.25) is 0 Å². The Kier molecular flexibility index (Phi) is 3.68. The lowest BCUT2D eigenvalue weighted by atomic mass is 9.82. The van der Waals surface area contributed by atoms with Gasteiger partial charge in [0.25, 0.3) is 0 Å². The van der Waals surface area contributed by atoms with Gasteiger partial charge in [0.2, 0.25) is 0 Å². The van der Waals surface area contributed by atoms with Gasteiger partial charge in [-0.05, 0) is 44.1 Å². The molecule has 2 aliphatic rings. The Balaban J connectivity index is 1.61. The Morgan fingerprint density at radius 2 is 2.13 bits per heavy atom. The highest BCUT2D eigenvalue weighted by Crippen LogP contribution is 2.44. The van der Waals surface area contributed by atoms with Gasteiger partial charge >= 0.3 is 0 Å². The zero-order chi connectivity index (χ0) is 10.7. The largest absolute Gasteiger partial charge is 0.396 e. The molecule has 0 aromatic carbocycles. The fourth-order valence-corrected chi connectivity index (χ4v) is 2.85. The number of aliphatic hydroxyl groups is 1. The molecule has 0 heterocycles. The van der Waals surface area contributed by atoms with Crippen molar-refractivity contribution in [2.45, 2.75) is 45.4 Å². The fourth-order valence-electron chi connectivity index (χ4n) is 2.85. The number of hydrogen-bond acceptors (Lipinski definition) is 2. The lowest BCUT2D eigenvalue weighted by molar-refractivity contribution is 0.201. The Bertz CT molecular complexity index is 201. The van der Waals surface area contributed by atoms with E-state index in [4.69, 9.17) is 0 Å². The third kappa shape index (κ3) is 3.18. The van der Waals surface area contributed by atoms with Gasteiger partial charge in [-0.2, -0.15) is 0 Å². The molecule has 0 bridgehead atoms. The topological polar surface area (TPSA) is 32.3 Å². The fraction of sp³-hybridized carbons (Fsp3) is 1.00. The molecule has 2 unspecified atom stereocenters. The summed E-state index contributed by atoms with van der Waals surface area (Å²) >= 11 is 0. The van der Waals surface area contributed by atoms with E-state index in [1.54, 1.807) is 0 Å². The lowest BCUT2D eigenvalue weighted by Gasteiger charge is -2.27. The first kappa shape index (κ1) is 11.4. The molecule has 2 fully saturated rings. The summed E-state index contributed by atoms with van der Waals surface area (Å²) in [6.45, 7) is 4.96. The van der Waals surface area contributed by atoms with E-state index in [2.05, 4.69) is 12.2 Å². The standard InChI is InChI=1S/C13H25NO/c1-11-3-2-4-12(7-11)8-14-9-13(10-15)5-6-13/h11-12,14-15H,2-10H2,1H3. The second-order valence-corrected chi connectivity index (χ2v) is 5.93. The maximum atomic E-state index is 9.20. The van der Waals surface area contributed by atoms with Crippen molar-refractivity contribution in [2.24, 2.45) is 17.3 Å². The Morgan fingerprint density at radius 1 is 1.33 bits per heavy atom. The number of hydrogen-bond donors (Lipinski definition) is 2. The summed E-state index contributed by atoms with van der Waals surface area (Å²) in [6.07, 6.45) is 8.09. The van der Waals surface area contributed by atoms with Crippen LogP contribution in [-0.4, -0.2) is 24.8 Å². The minimum absolute atomic E-state index is 0.278. The zero-order valence-electron chi connectivity index (χ0n) is 9.97. The second kappa shape index (κ2) is 4.84. The summed E-state index contributed by atoms with van der Waals surface area (Å²) < 4.78 is 0. The van der Waals surface area contributed by atoms with Crippen LogP contribution in [0.15, 0.2) is 0 Å². The minimum Gasteiger partial charge on any atom is -0.396 e. The summed E-state index contributed by atoms with van der Waals surface area (Å²) in [5.41, 5.74) is 0.278. The van der Waals surface area contributed by atoms with E-state index in [0.29, 0.717) is 6.61 Å². The highest BCUT2D eigenvalue weighted by molar-refractivity contribution is 4.94. The van der Waals surface area contributed by atoms with E-state index in [1.165, 1.54) is 45.1 Å². The molecule has 0 saturated heterocycles. The van der Waals surface area contributed by atoms with Crippen LogP contribution in [0.5, 0.6) is 0 Å². The minimum atomic E-state index is 0.278. The number of rotatable bonds is 5. The number of nitrogens with one attached hydrogen (secondary N) is 1. The molecule has 2 rings (SSSR count). The first-order valence-electron chi connectivity index (χ1n) is 6.56. The van der Waals surface area contributed by atoms with Crippen molar-refractivity contribution in [3.8, 4) is 0 Å². The molecular formula is C13H25NO. The summed E-state index contributed by atoms with van der Waals surface area (Å²) in [6, 6.07) is 0. The highest BCUT2D eigenvalue weighted by atomic mass is 16.3. The molecule has 2 N–H and O–H groups in total. The Labute approximate surface area is 93.5 Å². The van der Waals surface area contributed by atoms with E-state index in [9.17, 15) is 5.11 Å². The third-order valence-corrected chi connectivity index (χ3v) is 4.27. The molecule has 2 nitrogen and oxygen atoms in total. The van der Waals surface area contributed by atoms with Crippen molar-refractivity contribution in [3.63, 3.8) is 0 Å². The average Bonchev–Trinajstić information content (AvgIpc) is 2.99. The van der Waals surface area contributed by atoms with Crippen LogP contribution in [0.25, 0.3) is 0 Å². The van der Waals surface area contributed by atoms with Gasteiger partial charge < -0.3 is 10.4 Å². The van der Waals surface area contributed by atoms with Gasteiger partial charge in [0.05, 0.1) is 0 Å². The Morgan fingerprint density at radius 3 is 2.73 bits per heavy atom. The molecule has 0 aromatic rings. The van der Waals surface area contributed by atoms with E-state index < -0.39 is 0 Å². The van der Waals surface area contributed by atoms with Crippen molar-refractivity contribution in [3.05, 3.63) is 0 Å². The van der Waals surface area contributed by atoms with Gasteiger partial charge in [-0.3, -0.25) is 0 Å². The van der Waals surface area contributed by atoms with Gasteiger partial charge in [-0.25, -0.2) is 0 Å². The van der Waals surface area contributed by atoms with Gasteiger partial charge in [0, 0.05) is 18.6 Å². The smallest absolute Gasteiger partial charge is 0.0499 e. The molecular weight excluding hydrogens is 186 g/mol. The molecule has 2 aliphatic carbocycles. The van der Waals surface area contributed by atoms with Crippen molar-refractivity contribution in [1.82, 2.24) is 5.32 Å². The van der Waals surface area contributed by atoms with E-state index >= 15 is 0 Å². The maximum Gasteiger partial charge on any atom is 0.0499 e. The van der Waals surface area contributed by atoms with Gasteiger partial charge in [-0.1, -0.05) is 19.8 Å². The van der Waals surface area contributed by atoms with E-state index in [-0.39, 0.29) is 5.41 Å². The van der Waals surface area contributed by atoms with Gasteiger partial charge in [0.1, 0.15) is 0 Å². The molecule has 15 heavy (non-hydrogen) atoms. The maximum absolute atomic E-state index is 9.20. The van der Waals surface area contributed by atoms with Crippen molar-refractivity contribution >= 4 is 0 Å². The van der Waals surface area contributed by atoms with Crippen LogP contribution >= 0.6 is 0 Å². The van der Waals surface area contributed by atoms with E-state index in [1.807, 2.05) is 0 Å². The van der Waals surface area contributed by atoms with Crippen molar-refractivity contribution < 1.29 is 5.11 Å². The SMILES string of the molecule is CC1CCCC(CNCC2(CO)CC2)C1. The first-order chi connectivity index (χ1) is 7.24. The second-order valence-electron chi connectivity index (χ2n) is 5.93. The van der Waals surface area contributed by atoms with Crippen LogP contribution < -0.4 is 5.32 Å². The van der Waals surface area contributed by atoms with Crippen molar-refractivity contribution in [2.75, 3.05) is 19.7 Å². The van der Waals surface area contributed by atoms with E-state index in [0.717, 1.165) is 18.4 Å². The Hall–Kier alpha value is -0.0800. The first-order valence-corrected chi connectivity index (χ1v) is 6.56. The molecule has 2 heteroatoms. The summed E-state index contributed by atoms with van der Waals surface area (Å²) in [5, 5.41) is 12.8.